The molecule has 6 nitrogen and oxygen atoms in total. The number of ether oxygens (including phenoxy) is 1. The highest BCUT2D eigenvalue weighted by molar-refractivity contribution is 7.14. The zero-order valence-electron chi connectivity index (χ0n) is 16.2. The molecule has 0 saturated heterocycles. The van der Waals surface area contributed by atoms with Gasteiger partial charge in [0.1, 0.15) is 17.3 Å². The van der Waals surface area contributed by atoms with Crippen LogP contribution in [0.4, 0.5) is 15.3 Å². The smallest absolute Gasteiger partial charge is 0.339 e. The van der Waals surface area contributed by atoms with E-state index >= 15 is 0 Å². The molecular formula is C21H19FN4O2S. The Hall–Kier alpha value is -3.26. The summed E-state index contributed by atoms with van der Waals surface area (Å²) in [6.45, 7) is 2.03. The predicted molar refractivity (Wildman–Crippen MR) is 111 cm³/mol. The lowest BCUT2D eigenvalue weighted by atomic mass is 10.2. The number of hydrogen-bond acceptors (Lipinski definition) is 6. The second kappa shape index (κ2) is 7.63. The van der Waals surface area contributed by atoms with Crippen LogP contribution >= 0.6 is 11.3 Å². The van der Waals surface area contributed by atoms with Crippen LogP contribution in [0.25, 0.3) is 16.9 Å². The normalized spacial score (nSPS) is 11.0. The Morgan fingerprint density at radius 1 is 1.21 bits per heavy atom. The van der Waals surface area contributed by atoms with Crippen molar-refractivity contribution in [3.63, 3.8) is 0 Å². The van der Waals surface area contributed by atoms with Crippen molar-refractivity contribution in [2.24, 2.45) is 0 Å². The van der Waals surface area contributed by atoms with E-state index < -0.39 is 5.97 Å². The van der Waals surface area contributed by atoms with Crippen LogP contribution in [-0.4, -0.2) is 34.5 Å². The van der Waals surface area contributed by atoms with E-state index in [9.17, 15) is 9.18 Å². The Morgan fingerprint density at radius 2 is 1.97 bits per heavy atom. The number of imidazole rings is 1. The van der Waals surface area contributed by atoms with Crippen LogP contribution in [-0.2, 0) is 11.2 Å². The Bertz CT molecular complexity index is 1180. The van der Waals surface area contributed by atoms with Crippen molar-refractivity contribution in [3.05, 3.63) is 65.0 Å². The molecule has 4 aromatic rings. The topological polar surface area (TPSA) is 59.7 Å². The highest BCUT2D eigenvalue weighted by Crippen LogP contribution is 2.33. The fraction of sp³-hybridized carbons (Fsp3) is 0.190. The maximum absolute atomic E-state index is 13.2. The number of nitrogens with zero attached hydrogens (tertiary/aromatic N) is 4. The largest absolute Gasteiger partial charge is 0.465 e. The first-order valence-corrected chi connectivity index (χ1v) is 9.94. The molecule has 0 radical (unpaired) electrons. The molecular weight excluding hydrogens is 391 g/mol. The van der Waals surface area contributed by atoms with Crippen LogP contribution in [0.2, 0.25) is 0 Å². The molecule has 0 aliphatic carbocycles. The molecule has 29 heavy (non-hydrogen) atoms. The molecule has 3 heterocycles. The Balaban J connectivity index is 1.77. The molecule has 0 amide bonds. The van der Waals surface area contributed by atoms with Gasteiger partial charge in [0.2, 0.25) is 0 Å². The number of carbonyl (C=O) groups is 1. The number of pyridine rings is 1. The molecule has 0 N–H and O–H groups in total. The third-order valence-corrected chi connectivity index (χ3v) is 5.57. The first-order chi connectivity index (χ1) is 14.0. The summed E-state index contributed by atoms with van der Waals surface area (Å²) in [6.07, 6.45) is 2.46. The van der Waals surface area contributed by atoms with Gasteiger partial charge in [-0.2, -0.15) is 0 Å². The molecule has 0 bridgehead atoms. The van der Waals surface area contributed by atoms with E-state index in [2.05, 4.69) is 4.98 Å². The van der Waals surface area contributed by atoms with Crippen LogP contribution in [0.3, 0.4) is 0 Å². The molecule has 0 unspecified atom stereocenters. The van der Waals surface area contributed by atoms with Crippen molar-refractivity contribution < 1.29 is 13.9 Å². The molecule has 0 saturated carbocycles. The first-order valence-electron chi connectivity index (χ1n) is 9.06. The highest BCUT2D eigenvalue weighted by atomic mass is 32.1. The number of benzene rings is 1. The zero-order valence-corrected chi connectivity index (χ0v) is 17.0. The van der Waals surface area contributed by atoms with Crippen molar-refractivity contribution >= 4 is 33.9 Å². The standard InChI is InChI=1S/C21H19FN4O2S/c1-4-16-19(26-11-14(20(27)28-3)7-10-18(26)23-16)25(2)21-24-17(12-29-21)13-5-8-15(22)9-6-13/h5-12H,4H2,1-3H3. The third kappa shape index (κ3) is 3.47. The van der Waals surface area contributed by atoms with Crippen LogP contribution in [0, 0.1) is 5.82 Å². The van der Waals surface area contributed by atoms with Gasteiger partial charge in [0, 0.05) is 24.2 Å². The molecule has 0 aliphatic rings. The lowest BCUT2D eigenvalue weighted by Crippen LogP contribution is -2.14. The number of carbonyl (C=O) groups excluding carboxylic acids is 1. The lowest BCUT2D eigenvalue weighted by Gasteiger charge is -2.17. The summed E-state index contributed by atoms with van der Waals surface area (Å²) >= 11 is 1.49. The highest BCUT2D eigenvalue weighted by Gasteiger charge is 2.20. The van der Waals surface area contributed by atoms with Crippen molar-refractivity contribution in [2.75, 3.05) is 19.1 Å². The summed E-state index contributed by atoms with van der Waals surface area (Å²) in [5, 5.41) is 2.71. The molecule has 4 rings (SSSR count). The Morgan fingerprint density at radius 3 is 2.66 bits per heavy atom. The number of fused-ring (bicyclic) bond motifs is 1. The van der Waals surface area contributed by atoms with E-state index in [1.165, 1.54) is 30.6 Å². The average molecular weight is 410 g/mol. The van der Waals surface area contributed by atoms with Crippen molar-refractivity contribution in [1.82, 2.24) is 14.4 Å². The van der Waals surface area contributed by atoms with Gasteiger partial charge in [0.15, 0.2) is 5.13 Å². The number of rotatable bonds is 5. The minimum atomic E-state index is -0.403. The average Bonchev–Trinajstić information content (AvgIpc) is 3.37. The van der Waals surface area contributed by atoms with Crippen molar-refractivity contribution in [1.29, 1.82) is 0 Å². The van der Waals surface area contributed by atoms with E-state index in [-0.39, 0.29) is 5.82 Å². The van der Waals surface area contributed by atoms with Gasteiger partial charge in [0.25, 0.3) is 0 Å². The predicted octanol–water partition coefficient (Wildman–Crippen LogP) is 4.71. The monoisotopic (exact) mass is 410 g/mol. The zero-order chi connectivity index (χ0) is 20.5. The minimum Gasteiger partial charge on any atom is -0.465 e. The summed E-state index contributed by atoms with van der Waals surface area (Å²) in [5.74, 6) is 0.161. The number of halogens is 1. The van der Waals surface area contributed by atoms with Crippen LogP contribution in [0.15, 0.2) is 48.0 Å². The maximum Gasteiger partial charge on any atom is 0.339 e. The molecule has 0 fully saturated rings. The molecule has 148 valence electrons. The van der Waals surface area contributed by atoms with Crippen LogP contribution in [0.1, 0.15) is 23.0 Å². The number of anilines is 2. The second-order valence-corrected chi connectivity index (χ2v) is 7.29. The summed E-state index contributed by atoms with van der Waals surface area (Å²) in [5.41, 5.74) is 3.71. The number of aryl methyl sites for hydroxylation is 1. The minimum absolute atomic E-state index is 0.277. The van der Waals surface area contributed by atoms with Gasteiger partial charge in [-0.05, 0) is 42.8 Å². The van der Waals surface area contributed by atoms with Crippen LogP contribution < -0.4 is 4.90 Å². The van der Waals surface area contributed by atoms with Crippen molar-refractivity contribution in [2.45, 2.75) is 13.3 Å². The molecule has 1 aromatic carbocycles. The number of methoxy groups -OCH3 is 1. The summed E-state index contributed by atoms with van der Waals surface area (Å²) in [7, 11) is 3.28. The van der Waals surface area contributed by atoms with Gasteiger partial charge in [-0.3, -0.25) is 4.40 Å². The number of thiazole rings is 1. The Labute approximate surface area is 171 Å². The summed E-state index contributed by atoms with van der Waals surface area (Å²) < 4.78 is 19.9. The van der Waals surface area contributed by atoms with Gasteiger partial charge in [-0.25, -0.2) is 19.2 Å². The van der Waals surface area contributed by atoms with Crippen LogP contribution in [0.5, 0.6) is 0 Å². The molecule has 0 atom stereocenters. The van der Waals surface area contributed by atoms with Gasteiger partial charge >= 0.3 is 5.97 Å². The summed E-state index contributed by atoms with van der Waals surface area (Å²) in [6, 6.07) is 9.77. The quantitative estimate of drug-likeness (QED) is 0.446. The second-order valence-electron chi connectivity index (χ2n) is 6.45. The van der Waals surface area contributed by atoms with E-state index in [4.69, 9.17) is 9.72 Å². The van der Waals surface area contributed by atoms with Crippen molar-refractivity contribution in [3.8, 4) is 11.3 Å². The summed E-state index contributed by atoms with van der Waals surface area (Å²) in [4.78, 5) is 23.3. The molecule has 8 heteroatoms. The number of esters is 1. The first kappa shape index (κ1) is 19.1. The van der Waals surface area contributed by atoms with E-state index in [1.807, 2.05) is 28.7 Å². The van der Waals surface area contributed by atoms with Gasteiger partial charge in [-0.15, -0.1) is 11.3 Å². The van der Waals surface area contributed by atoms with E-state index in [0.29, 0.717) is 5.56 Å². The third-order valence-electron chi connectivity index (χ3n) is 4.66. The van der Waals surface area contributed by atoms with E-state index in [1.54, 1.807) is 30.5 Å². The number of hydrogen-bond donors (Lipinski definition) is 0. The molecule has 0 spiro atoms. The van der Waals surface area contributed by atoms with Gasteiger partial charge in [0.05, 0.1) is 24.1 Å². The number of aromatic nitrogens is 3. The van der Waals surface area contributed by atoms with E-state index in [0.717, 1.165) is 40.0 Å². The lowest BCUT2D eigenvalue weighted by molar-refractivity contribution is 0.0600. The van der Waals surface area contributed by atoms with Gasteiger partial charge in [-0.1, -0.05) is 6.92 Å². The molecule has 0 aliphatic heterocycles. The fourth-order valence-corrected chi connectivity index (χ4v) is 3.98. The SMILES string of the molecule is CCc1nc2ccc(C(=O)OC)cn2c1N(C)c1nc(-c2ccc(F)cc2)cs1. The maximum atomic E-state index is 13.2. The fourth-order valence-electron chi connectivity index (χ4n) is 3.17. The Kier molecular flexibility index (Phi) is 5.02. The molecule has 3 aromatic heterocycles. The van der Waals surface area contributed by atoms with Gasteiger partial charge < -0.3 is 9.64 Å².